The quantitative estimate of drug-likeness (QED) is 0.780. The van der Waals surface area contributed by atoms with Crippen LogP contribution >= 0.6 is 0 Å². The number of ether oxygens (including phenoxy) is 1. The Labute approximate surface area is 123 Å². The van der Waals surface area contributed by atoms with Crippen LogP contribution in [0, 0.1) is 5.92 Å². The molecule has 0 radical (unpaired) electrons. The van der Waals surface area contributed by atoms with Crippen molar-refractivity contribution < 1.29 is 9.53 Å². The van der Waals surface area contributed by atoms with E-state index >= 15 is 0 Å². The molecule has 4 heteroatoms. The minimum atomic E-state index is -0.402. The number of carbonyl (C=O) groups excluding carboxylic acids is 1. The van der Waals surface area contributed by atoms with Crippen LogP contribution < -0.4 is 0 Å². The van der Waals surface area contributed by atoms with Crippen molar-refractivity contribution in [1.29, 1.82) is 0 Å². The molecule has 2 saturated heterocycles. The Hall–Kier alpha value is -0.770. The van der Waals surface area contributed by atoms with E-state index in [1.165, 1.54) is 19.5 Å². The van der Waals surface area contributed by atoms with E-state index in [9.17, 15) is 4.79 Å². The van der Waals surface area contributed by atoms with Gasteiger partial charge in [0.1, 0.15) is 5.60 Å². The van der Waals surface area contributed by atoms with E-state index in [4.69, 9.17) is 4.74 Å². The van der Waals surface area contributed by atoms with Gasteiger partial charge in [0.05, 0.1) is 0 Å². The lowest BCUT2D eigenvalue weighted by Crippen LogP contribution is -2.63. The van der Waals surface area contributed by atoms with Gasteiger partial charge in [0.25, 0.3) is 0 Å². The zero-order valence-corrected chi connectivity index (χ0v) is 13.7. The molecule has 4 nitrogen and oxygen atoms in total. The lowest BCUT2D eigenvalue weighted by Gasteiger charge is -2.55. The van der Waals surface area contributed by atoms with Crippen LogP contribution in [0.25, 0.3) is 0 Å². The monoisotopic (exact) mass is 282 g/mol. The molecule has 0 saturated carbocycles. The Kier molecular flexibility index (Phi) is 4.33. The first-order chi connectivity index (χ1) is 9.24. The number of carbonyl (C=O) groups is 1. The molecule has 20 heavy (non-hydrogen) atoms. The summed E-state index contributed by atoms with van der Waals surface area (Å²) in [5, 5.41) is 0. The van der Waals surface area contributed by atoms with Crippen molar-refractivity contribution in [3.05, 3.63) is 0 Å². The standard InChI is InChI=1S/C16H30N2O2/c1-13(2)16(18-9-6-10-18)7-11-17(12-8-16)14(19)20-15(3,4)5/h13H,6-12H2,1-5H3. The highest BCUT2D eigenvalue weighted by atomic mass is 16.6. The molecule has 2 fully saturated rings. The van der Waals surface area contributed by atoms with Crippen LogP contribution in [0.5, 0.6) is 0 Å². The summed E-state index contributed by atoms with van der Waals surface area (Å²) in [6.07, 6.45) is 3.32. The maximum absolute atomic E-state index is 12.1. The van der Waals surface area contributed by atoms with Crippen LogP contribution in [0.1, 0.15) is 53.9 Å². The average Bonchev–Trinajstić information content (AvgIpc) is 2.24. The van der Waals surface area contributed by atoms with Crippen LogP contribution in [-0.4, -0.2) is 53.2 Å². The van der Waals surface area contributed by atoms with Gasteiger partial charge in [0, 0.05) is 18.6 Å². The fourth-order valence-corrected chi connectivity index (χ4v) is 3.42. The number of likely N-dealkylation sites (tertiary alicyclic amines) is 2. The summed E-state index contributed by atoms with van der Waals surface area (Å²) in [5.74, 6) is 0.642. The number of piperidine rings is 1. The maximum atomic E-state index is 12.1. The van der Waals surface area contributed by atoms with E-state index in [2.05, 4.69) is 18.7 Å². The smallest absolute Gasteiger partial charge is 0.410 e. The number of hydrogen-bond acceptors (Lipinski definition) is 3. The van der Waals surface area contributed by atoms with Crippen molar-refractivity contribution in [3.8, 4) is 0 Å². The SMILES string of the molecule is CC(C)C1(N2CCC2)CCN(C(=O)OC(C)(C)C)CC1. The molecule has 0 N–H and O–H groups in total. The molecule has 0 aromatic rings. The third kappa shape index (κ3) is 3.11. The Morgan fingerprint density at radius 3 is 2.00 bits per heavy atom. The van der Waals surface area contributed by atoms with Gasteiger partial charge in [-0.05, 0) is 59.0 Å². The summed E-state index contributed by atoms with van der Waals surface area (Å²) in [6.45, 7) is 14.5. The molecule has 2 aliphatic rings. The molecule has 0 aliphatic carbocycles. The highest BCUT2D eigenvalue weighted by Crippen LogP contribution is 2.38. The molecule has 2 aliphatic heterocycles. The van der Waals surface area contributed by atoms with Gasteiger partial charge in [0.2, 0.25) is 0 Å². The topological polar surface area (TPSA) is 32.8 Å². The Morgan fingerprint density at radius 2 is 1.65 bits per heavy atom. The Morgan fingerprint density at radius 1 is 1.10 bits per heavy atom. The van der Waals surface area contributed by atoms with Crippen molar-refractivity contribution in [2.45, 2.75) is 65.0 Å². The lowest BCUT2D eigenvalue weighted by molar-refractivity contribution is -0.0524. The van der Waals surface area contributed by atoms with Gasteiger partial charge < -0.3 is 9.64 Å². The van der Waals surface area contributed by atoms with Crippen molar-refractivity contribution in [1.82, 2.24) is 9.80 Å². The molecule has 2 rings (SSSR count). The lowest BCUT2D eigenvalue weighted by atomic mass is 9.75. The first-order valence-electron chi connectivity index (χ1n) is 7.97. The minimum absolute atomic E-state index is 0.154. The molecule has 0 aromatic carbocycles. The van der Waals surface area contributed by atoms with E-state index in [1.807, 2.05) is 25.7 Å². The third-order valence-corrected chi connectivity index (χ3v) is 4.84. The average molecular weight is 282 g/mol. The Bertz CT molecular complexity index is 348. The van der Waals surface area contributed by atoms with Gasteiger partial charge >= 0.3 is 6.09 Å². The van der Waals surface area contributed by atoms with Crippen molar-refractivity contribution in [2.75, 3.05) is 26.2 Å². The number of hydrogen-bond donors (Lipinski definition) is 0. The van der Waals surface area contributed by atoms with Crippen LogP contribution in [-0.2, 0) is 4.74 Å². The van der Waals surface area contributed by atoms with Crippen LogP contribution in [0.2, 0.25) is 0 Å². The van der Waals surface area contributed by atoms with E-state index in [1.54, 1.807) is 0 Å². The number of nitrogens with zero attached hydrogens (tertiary/aromatic N) is 2. The summed E-state index contributed by atoms with van der Waals surface area (Å²) < 4.78 is 5.48. The molecule has 0 aromatic heterocycles. The second-order valence-electron chi connectivity index (χ2n) is 7.57. The predicted octanol–water partition coefficient (Wildman–Crippen LogP) is 3.12. The molecule has 116 valence electrons. The molecular weight excluding hydrogens is 252 g/mol. The molecule has 0 atom stereocenters. The number of rotatable bonds is 2. The zero-order valence-electron chi connectivity index (χ0n) is 13.7. The second-order valence-corrected chi connectivity index (χ2v) is 7.57. The van der Waals surface area contributed by atoms with Crippen LogP contribution in [0.4, 0.5) is 4.79 Å². The summed E-state index contributed by atoms with van der Waals surface area (Å²) in [4.78, 5) is 16.6. The van der Waals surface area contributed by atoms with Crippen molar-refractivity contribution in [2.24, 2.45) is 5.92 Å². The molecule has 1 amide bonds. The van der Waals surface area contributed by atoms with Crippen LogP contribution in [0.15, 0.2) is 0 Å². The third-order valence-electron chi connectivity index (χ3n) is 4.84. The molecular formula is C16H30N2O2. The van der Waals surface area contributed by atoms with Gasteiger partial charge in [-0.3, -0.25) is 4.90 Å². The van der Waals surface area contributed by atoms with Gasteiger partial charge in [-0.2, -0.15) is 0 Å². The van der Waals surface area contributed by atoms with E-state index < -0.39 is 5.60 Å². The molecule has 2 heterocycles. The van der Waals surface area contributed by atoms with Gasteiger partial charge in [-0.15, -0.1) is 0 Å². The zero-order chi connectivity index (χ0) is 15.0. The first-order valence-corrected chi connectivity index (χ1v) is 7.97. The minimum Gasteiger partial charge on any atom is -0.444 e. The van der Waals surface area contributed by atoms with E-state index in [-0.39, 0.29) is 6.09 Å². The summed E-state index contributed by atoms with van der Waals surface area (Å²) in [6, 6.07) is 0. The van der Waals surface area contributed by atoms with Gasteiger partial charge in [0.15, 0.2) is 0 Å². The molecule has 0 unspecified atom stereocenters. The maximum Gasteiger partial charge on any atom is 0.410 e. The molecule has 0 bridgehead atoms. The summed E-state index contributed by atoms with van der Waals surface area (Å²) in [5.41, 5.74) is -0.0993. The largest absolute Gasteiger partial charge is 0.444 e. The fraction of sp³-hybridized carbons (Fsp3) is 0.938. The normalized spacial score (nSPS) is 23.6. The molecule has 0 spiro atoms. The highest BCUT2D eigenvalue weighted by Gasteiger charge is 2.45. The predicted molar refractivity (Wildman–Crippen MR) is 80.8 cm³/mol. The van der Waals surface area contributed by atoms with Crippen LogP contribution in [0.3, 0.4) is 0 Å². The summed E-state index contributed by atoms with van der Waals surface area (Å²) in [7, 11) is 0. The Balaban J connectivity index is 1.95. The fourth-order valence-electron chi connectivity index (χ4n) is 3.42. The van der Waals surface area contributed by atoms with Crippen molar-refractivity contribution in [3.63, 3.8) is 0 Å². The highest BCUT2D eigenvalue weighted by molar-refractivity contribution is 5.68. The second kappa shape index (κ2) is 5.55. The van der Waals surface area contributed by atoms with Gasteiger partial charge in [-0.25, -0.2) is 4.79 Å². The van der Waals surface area contributed by atoms with Crippen molar-refractivity contribution >= 4 is 6.09 Å². The summed E-state index contributed by atoms with van der Waals surface area (Å²) >= 11 is 0. The van der Waals surface area contributed by atoms with E-state index in [0.717, 1.165) is 25.9 Å². The first kappa shape index (κ1) is 15.6. The van der Waals surface area contributed by atoms with E-state index in [0.29, 0.717) is 11.5 Å². The number of amides is 1. The van der Waals surface area contributed by atoms with Gasteiger partial charge in [-0.1, -0.05) is 13.8 Å².